The quantitative estimate of drug-likeness (QED) is 0.477. The van der Waals surface area contributed by atoms with E-state index >= 15 is 0 Å². The van der Waals surface area contributed by atoms with E-state index in [-0.39, 0.29) is 17.4 Å². The van der Waals surface area contributed by atoms with Crippen LogP contribution in [0.25, 0.3) is 17.4 Å². The zero-order chi connectivity index (χ0) is 20.1. The Morgan fingerprint density at radius 1 is 1.25 bits per heavy atom. The molecule has 1 atom stereocenters. The van der Waals surface area contributed by atoms with Crippen molar-refractivity contribution in [1.82, 2.24) is 4.90 Å². The Morgan fingerprint density at radius 3 is 2.75 bits per heavy atom. The van der Waals surface area contributed by atoms with Gasteiger partial charge in [-0.2, -0.15) is 0 Å². The molecule has 10 heteroatoms. The van der Waals surface area contributed by atoms with Crippen molar-refractivity contribution >= 4 is 73.3 Å². The van der Waals surface area contributed by atoms with Gasteiger partial charge in [-0.25, -0.2) is 8.42 Å². The minimum absolute atomic E-state index is 0.0507. The number of halogens is 2. The SMILES string of the molecule is O=C1/C(=C/c2ccc(-c3cc(Cl)ccc3Cl)o2)SC(=S)N1C1CCS(=O)(=O)C1. The first-order valence-electron chi connectivity index (χ1n) is 8.26. The van der Waals surface area contributed by atoms with Crippen LogP contribution in [0.15, 0.2) is 39.7 Å². The molecular formula is C18H13Cl2NO4S3. The van der Waals surface area contributed by atoms with Gasteiger partial charge in [0.25, 0.3) is 5.91 Å². The first-order chi connectivity index (χ1) is 13.2. The molecule has 0 N–H and O–H groups in total. The Hall–Kier alpha value is -1.32. The number of nitrogens with zero attached hydrogens (tertiary/aromatic N) is 1. The molecule has 1 amide bonds. The average Bonchev–Trinajstić information content (AvgIpc) is 3.29. The van der Waals surface area contributed by atoms with Crippen molar-refractivity contribution < 1.29 is 17.6 Å². The van der Waals surface area contributed by atoms with Gasteiger partial charge in [0, 0.05) is 16.7 Å². The number of amides is 1. The van der Waals surface area contributed by atoms with Crippen molar-refractivity contribution in [2.45, 2.75) is 12.5 Å². The fourth-order valence-electron chi connectivity index (χ4n) is 3.16. The second kappa shape index (κ2) is 7.50. The molecule has 2 aliphatic heterocycles. The maximum absolute atomic E-state index is 12.8. The van der Waals surface area contributed by atoms with Crippen LogP contribution in [0, 0.1) is 0 Å². The summed E-state index contributed by atoms with van der Waals surface area (Å²) >= 11 is 18.7. The van der Waals surface area contributed by atoms with Gasteiger partial charge in [-0.1, -0.05) is 47.2 Å². The van der Waals surface area contributed by atoms with Crippen LogP contribution in [0.3, 0.4) is 0 Å². The fourth-order valence-corrected chi connectivity index (χ4v) is 6.63. The lowest BCUT2D eigenvalue weighted by Crippen LogP contribution is -2.39. The monoisotopic (exact) mass is 473 g/mol. The summed E-state index contributed by atoms with van der Waals surface area (Å²) in [5.41, 5.74) is 0.650. The van der Waals surface area contributed by atoms with E-state index in [9.17, 15) is 13.2 Å². The number of benzene rings is 1. The molecule has 0 aliphatic carbocycles. The molecule has 2 saturated heterocycles. The smallest absolute Gasteiger partial charge is 0.266 e. The fraction of sp³-hybridized carbons (Fsp3) is 0.222. The van der Waals surface area contributed by atoms with Gasteiger partial charge in [-0.3, -0.25) is 9.69 Å². The lowest BCUT2D eigenvalue weighted by atomic mass is 10.2. The predicted molar refractivity (Wildman–Crippen MR) is 116 cm³/mol. The van der Waals surface area contributed by atoms with Gasteiger partial charge >= 0.3 is 0 Å². The lowest BCUT2D eigenvalue weighted by molar-refractivity contribution is -0.123. The summed E-state index contributed by atoms with van der Waals surface area (Å²) < 4.78 is 29.6. The highest BCUT2D eigenvalue weighted by Crippen LogP contribution is 2.37. The summed E-state index contributed by atoms with van der Waals surface area (Å²) in [4.78, 5) is 14.6. The highest BCUT2D eigenvalue weighted by Gasteiger charge is 2.42. The first-order valence-corrected chi connectivity index (χ1v) is 12.1. The lowest BCUT2D eigenvalue weighted by Gasteiger charge is -2.20. The third-order valence-corrected chi connectivity index (χ3v) is 8.14. The number of hydrogen-bond acceptors (Lipinski definition) is 6. The van der Waals surface area contributed by atoms with Gasteiger partial charge < -0.3 is 4.42 Å². The molecule has 1 unspecified atom stereocenters. The number of thioether (sulfide) groups is 1. The molecule has 2 aromatic rings. The number of rotatable bonds is 3. The number of carbonyl (C=O) groups excluding carboxylic acids is 1. The zero-order valence-electron chi connectivity index (χ0n) is 14.2. The normalized spacial score (nSPS) is 23.1. The van der Waals surface area contributed by atoms with E-state index in [1.54, 1.807) is 36.4 Å². The van der Waals surface area contributed by atoms with Crippen molar-refractivity contribution in [3.8, 4) is 11.3 Å². The minimum Gasteiger partial charge on any atom is -0.457 e. The van der Waals surface area contributed by atoms with Gasteiger partial charge in [0.2, 0.25) is 0 Å². The Bertz CT molecular complexity index is 1120. The minimum atomic E-state index is -3.12. The zero-order valence-corrected chi connectivity index (χ0v) is 18.2. The molecule has 3 heterocycles. The van der Waals surface area contributed by atoms with Crippen LogP contribution in [-0.2, 0) is 14.6 Å². The van der Waals surface area contributed by atoms with Crippen LogP contribution in [0.5, 0.6) is 0 Å². The Balaban J connectivity index is 1.59. The third-order valence-electron chi connectivity index (χ3n) is 4.49. The van der Waals surface area contributed by atoms with Gasteiger partial charge in [0.05, 0.1) is 27.5 Å². The number of furan rings is 1. The first kappa shape index (κ1) is 20.0. The van der Waals surface area contributed by atoms with Crippen molar-refractivity contribution in [2.75, 3.05) is 11.5 Å². The van der Waals surface area contributed by atoms with Crippen LogP contribution in [0.1, 0.15) is 12.2 Å². The van der Waals surface area contributed by atoms with Gasteiger partial charge in [0.15, 0.2) is 9.84 Å². The molecule has 1 aromatic heterocycles. The second-order valence-corrected chi connectivity index (χ2v) is 11.2. The molecule has 1 aromatic carbocycles. The number of thiocarbonyl (C=S) groups is 1. The summed E-state index contributed by atoms with van der Waals surface area (Å²) in [6, 6.07) is 8.13. The Morgan fingerprint density at radius 2 is 2.04 bits per heavy atom. The van der Waals surface area contributed by atoms with E-state index in [2.05, 4.69) is 0 Å². The largest absolute Gasteiger partial charge is 0.457 e. The summed E-state index contributed by atoms with van der Waals surface area (Å²) in [6.07, 6.45) is 2.00. The molecule has 5 nitrogen and oxygen atoms in total. The average molecular weight is 474 g/mol. The second-order valence-electron chi connectivity index (χ2n) is 6.43. The molecule has 28 heavy (non-hydrogen) atoms. The van der Waals surface area contributed by atoms with Crippen molar-refractivity contribution in [3.05, 3.63) is 51.0 Å². The van der Waals surface area contributed by atoms with Gasteiger partial charge in [-0.15, -0.1) is 0 Å². The van der Waals surface area contributed by atoms with Crippen LogP contribution < -0.4 is 0 Å². The molecule has 0 saturated carbocycles. The molecule has 4 rings (SSSR count). The van der Waals surface area contributed by atoms with Crippen LogP contribution >= 0.6 is 47.2 Å². The molecular weight excluding hydrogens is 461 g/mol. The van der Waals surface area contributed by atoms with Crippen LogP contribution in [-0.4, -0.2) is 41.1 Å². The van der Waals surface area contributed by atoms with Crippen molar-refractivity contribution in [1.29, 1.82) is 0 Å². The van der Waals surface area contributed by atoms with Gasteiger partial charge in [0.1, 0.15) is 15.8 Å². The standard InChI is InChI=1S/C18H13Cl2NO4S3/c19-10-1-3-14(20)13(7-10)15-4-2-12(25-15)8-16-17(22)21(18(26)27-16)11-5-6-28(23,24)9-11/h1-4,7-8,11H,5-6,9H2/b16-8-. The third kappa shape index (κ3) is 3.89. The van der Waals surface area contributed by atoms with E-state index < -0.39 is 15.9 Å². The highest BCUT2D eigenvalue weighted by atomic mass is 35.5. The number of hydrogen-bond donors (Lipinski definition) is 0. The molecule has 0 bridgehead atoms. The number of sulfone groups is 1. The van der Waals surface area contributed by atoms with Crippen molar-refractivity contribution in [2.24, 2.45) is 0 Å². The van der Waals surface area contributed by atoms with Crippen LogP contribution in [0.4, 0.5) is 0 Å². The highest BCUT2D eigenvalue weighted by molar-refractivity contribution is 8.26. The topological polar surface area (TPSA) is 67.6 Å². The molecule has 146 valence electrons. The van der Waals surface area contributed by atoms with E-state index in [0.717, 1.165) is 11.8 Å². The van der Waals surface area contributed by atoms with E-state index in [0.29, 0.717) is 42.8 Å². The summed E-state index contributed by atoms with van der Waals surface area (Å²) in [5.74, 6) is 0.721. The Labute approximate surface area is 181 Å². The van der Waals surface area contributed by atoms with Crippen molar-refractivity contribution in [3.63, 3.8) is 0 Å². The maximum atomic E-state index is 12.8. The molecule has 0 spiro atoms. The van der Waals surface area contributed by atoms with E-state index in [1.807, 2.05) is 0 Å². The number of carbonyl (C=O) groups is 1. The van der Waals surface area contributed by atoms with E-state index in [1.165, 1.54) is 4.90 Å². The molecule has 0 radical (unpaired) electrons. The molecule has 2 fully saturated rings. The summed E-state index contributed by atoms with van der Waals surface area (Å²) in [5, 5.41) is 1.03. The Kier molecular flexibility index (Phi) is 5.35. The summed E-state index contributed by atoms with van der Waals surface area (Å²) in [7, 11) is -3.12. The summed E-state index contributed by atoms with van der Waals surface area (Å²) in [6.45, 7) is 0. The van der Waals surface area contributed by atoms with E-state index in [4.69, 9.17) is 39.8 Å². The predicted octanol–water partition coefficient (Wildman–Crippen LogP) is 4.64. The molecule has 2 aliphatic rings. The van der Waals surface area contributed by atoms with Gasteiger partial charge in [-0.05, 0) is 36.8 Å². The maximum Gasteiger partial charge on any atom is 0.266 e. The van der Waals surface area contributed by atoms with Crippen LogP contribution in [0.2, 0.25) is 10.0 Å².